The molecule has 2 heterocycles. The number of nitrogens with zero attached hydrogens (tertiary/aromatic N) is 2. The lowest BCUT2D eigenvalue weighted by Gasteiger charge is -2.25. The van der Waals surface area contributed by atoms with Crippen molar-refractivity contribution in [1.29, 1.82) is 0 Å². The number of aliphatic imine (C=N–C) groups is 1. The fraction of sp³-hybridized carbons (Fsp3) is 0.312. The average molecular weight is 284 g/mol. The minimum atomic E-state index is -0.666. The van der Waals surface area contributed by atoms with E-state index >= 15 is 0 Å². The van der Waals surface area contributed by atoms with Gasteiger partial charge in [0, 0.05) is 6.42 Å². The molecule has 2 unspecified atom stereocenters. The van der Waals surface area contributed by atoms with Gasteiger partial charge in [-0.05, 0) is 24.8 Å². The van der Waals surface area contributed by atoms with Crippen molar-refractivity contribution in [2.24, 2.45) is 4.99 Å². The van der Waals surface area contributed by atoms with Gasteiger partial charge in [-0.3, -0.25) is 14.7 Å². The van der Waals surface area contributed by atoms with E-state index in [0.29, 0.717) is 13.0 Å². The summed E-state index contributed by atoms with van der Waals surface area (Å²) in [5, 5.41) is 0. The Kier molecular flexibility index (Phi) is 3.33. The smallest absolute Gasteiger partial charge is 0.329 e. The van der Waals surface area contributed by atoms with Gasteiger partial charge in [0.2, 0.25) is 0 Å². The van der Waals surface area contributed by atoms with Crippen molar-refractivity contribution >= 4 is 30.4 Å². The minimum absolute atomic E-state index is 0.233. The second-order valence-corrected chi connectivity index (χ2v) is 5.02. The zero-order chi connectivity index (χ0) is 15.0. The van der Waals surface area contributed by atoms with Crippen LogP contribution in [0.5, 0.6) is 0 Å². The van der Waals surface area contributed by atoms with Gasteiger partial charge in [-0.2, -0.15) is 0 Å². The first-order valence-corrected chi connectivity index (χ1v) is 6.93. The summed E-state index contributed by atoms with van der Waals surface area (Å²) >= 11 is 0. The highest BCUT2D eigenvalue weighted by Crippen LogP contribution is 2.39. The average Bonchev–Trinajstić information content (AvgIpc) is 2.81. The summed E-state index contributed by atoms with van der Waals surface area (Å²) in [4.78, 5) is 30.2. The fourth-order valence-corrected chi connectivity index (χ4v) is 2.91. The lowest BCUT2D eigenvalue weighted by atomic mass is 10.1. The zero-order valence-electron chi connectivity index (χ0n) is 11.8. The first-order valence-electron chi connectivity index (χ1n) is 6.93. The Morgan fingerprint density at radius 1 is 1.52 bits per heavy atom. The van der Waals surface area contributed by atoms with E-state index in [0.717, 1.165) is 16.8 Å². The molecule has 2 aliphatic rings. The first kappa shape index (κ1) is 13.5. The maximum absolute atomic E-state index is 12.7. The van der Waals surface area contributed by atoms with E-state index in [2.05, 4.69) is 11.7 Å². The lowest BCUT2D eigenvalue weighted by molar-refractivity contribution is -0.145. The molecule has 21 heavy (non-hydrogen) atoms. The SMILES string of the molecule is C=NC1C=Cc2cccc3c2N(C1=O)C(C(=O)OCC)C3. The van der Waals surface area contributed by atoms with Crippen LogP contribution in [-0.2, 0) is 20.7 Å². The molecule has 108 valence electrons. The largest absolute Gasteiger partial charge is 0.464 e. The zero-order valence-corrected chi connectivity index (χ0v) is 11.8. The van der Waals surface area contributed by atoms with Crippen LogP contribution in [0.25, 0.3) is 6.08 Å². The number of carbonyl (C=O) groups is 2. The highest BCUT2D eigenvalue weighted by atomic mass is 16.5. The maximum atomic E-state index is 12.7. The Morgan fingerprint density at radius 2 is 2.33 bits per heavy atom. The summed E-state index contributed by atoms with van der Waals surface area (Å²) in [5.41, 5.74) is 2.69. The number of anilines is 1. The molecule has 1 amide bonds. The van der Waals surface area contributed by atoms with E-state index in [-0.39, 0.29) is 11.9 Å². The van der Waals surface area contributed by atoms with E-state index < -0.39 is 12.1 Å². The van der Waals surface area contributed by atoms with Gasteiger partial charge in [0.15, 0.2) is 0 Å². The number of benzene rings is 1. The molecule has 0 saturated carbocycles. The van der Waals surface area contributed by atoms with Crippen LogP contribution in [0.3, 0.4) is 0 Å². The molecule has 2 aliphatic heterocycles. The summed E-state index contributed by atoms with van der Waals surface area (Å²) in [7, 11) is 0. The molecule has 5 nitrogen and oxygen atoms in total. The van der Waals surface area contributed by atoms with Crippen molar-refractivity contribution < 1.29 is 14.3 Å². The normalized spacial score (nSPS) is 22.7. The highest BCUT2D eigenvalue weighted by Gasteiger charge is 2.42. The Labute approximate surface area is 122 Å². The van der Waals surface area contributed by atoms with E-state index in [1.165, 1.54) is 4.90 Å². The molecule has 0 saturated heterocycles. The molecule has 0 radical (unpaired) electrons. The van der Waals surface area contributed by atoms with Crippen LogP contribution in [0, 0.1) is 0 Å². The molecule has 1 aromatic carbocycles. The number of carbonyl (C=O) groups excluding carboxylic acids is 2. The minimum Gasteiger partial charge on any atom is -0.464 e. The van der Waals surface area contributed by atoms with Crippen LogP contribution < -0.4 is 4.90 Å². The molecule has 1 aromatic rings. The lowest BCUT2D eigenvalue weighted by Crippen LogP contribution is -2.47. The van der Waals surface area contributed by atoms with Crippen molar-refractivity contribution in [3.63, 3.8) is 0 Å². The van der Waals surface area contributed by atoms with Crippen LogP contribution in [0.15, 0.2) is 29.3 Å². The predicted octanol–water partition coefficient (Wildman–Crippen LogP) is 1.60. The van der Waals surface area contributed by atoms with Crippen LogP contribution in [-0.4, -0.2) is 37.3 Å². The van der Waals surface area contributed by atoms with Gasteiger partial charge >= 0.3 is 5.97 Å². The van der Waals surface area contributed by atoms with Crippen molar-refractivity contribution in [3.8, 4) is 0 Å². The molecule has 3 rings (SSSR count). The number of esters is 1. The molecule has 2 atom stereocenters. The van der Waals surface area contributed by atoms with Gasteiger partial charge in [-0.1, -0.05) is 30.4 Å². The van der Waals surface area contributed by atoms with Crippen molar-refractivity contribution in [2.45, 2.75) is 25.4 Å². The topological polar surface area (TPSA) is 59.0 Å². The summed E-state index contributed by atoms with van der Waals surface area (Å²) in [5.74, 6) is -0.610. The van der Waals surface area contributed by atoms with E-state index in [1.54, 1.807) is 13.0 Å². The number of ether oxygens (including phenoxy) is 1. The van der Waals surface area contributed by atoms with E-state index in [9.17, 15) is 9.59 Å². The summed E-state index contributed by atoms with van der Waals surface area (Å²) in [6.45, 7) is 5.52. The number of amides is 1. The Hall–Kier alpha value is -2.43. The van der Waals surface area contributed by atoms with Gasteiger partial charge in [0.25, 0.3) is 5.91 Å². The molecule has 0 aromatic heterocycles. The van der Waals surface area contributed by atoms with Gasteiger partial charge in [-0.15, -0.1) is 0 Å². The van der Waals surface area contributed by atoms with Crippen LogP contribution in [0.1, 0.15) is 18.1 Å². The van der Waals surface area contributed by atoms with Gasteiger partial charge in [0.1, 0.15) is 12.1 Å². The third-order valence-electron chi connectivity index (χ3n) is 3.82. The number of rotatable bonds is 3. The molecule has 0 bridgehead atoms. The Balaban J connectivity index is 2.10. The predicted molar refractivity (Wildman–Crippen MR) is 80.4 cm³/mol. The maximum Gasteiger partial charge on any atom is 0.329 e. The summed E-state index contributed by atoms with van der Waals surface area (Å²) in [6.07, 6.45) is 4.06. The van der Waals surface area contributed by atoms with E-state index in [4.69, 9.17) is 4.74 Å². The molecule has 0 N–H and O–H groups in total. The van der Waals surface area contributed by atoms with Crippen LogP contribution in [0.4, 0.5) is 5.69 Å². The molecule has 5 heteroatoms. The third-order valence-corrected chi connectivity index (χ3v) is 3.82. The number of hydrogen-bond donors (Lipinski definition) is 0. The van der Waals surface area contributed by atoms with Crippen LogP contribution >= 0.6 is 0 Å². The molecular formula is C16H16N2O3. The van der Waals surface area contributed by atoms with Crippen LogP contribution in [0.2, 0.25) is 0 Å². The summed E-state index contributed by atoms with van der Waals surface area (Å²) in [6, 6.07) is 4.51. The molecule has 0 aliphatic carbocycles. The Morgan fingerprint density at radius 3 is 3.05 bits per heavy atom. The monoisotopic (exact) mass is 284 g/mol. The van der Waals surface area contributed by atoms with Gasteiger partial charge in [0.05, 0.1) is 12.3 Å². The quantitative estimate of drug-likeness (QED) is 0.626. The second-order valence-electron chi connectivity index (χ2n) is 5.02. The molecule has 0 fully saturated rings. The molecular weight excluding hydrogens is 268 g/mol. The van der Waals surface area contributed by atoms with E-state index in [1.807, 2.05) is 24.3 Å². The first-order chi connectivity index (χ1) is 10.2. The second kappa shape index (κ2) is 5.16. The van der Waals surface area contributed by atoms with Gasteiger partial charge in [-0.25, -0.2) is 4.79 Å². The van der Waals surface area contributed by atoms with Gasteiger partial charge < -0.3 is 4.74 Å². The third kappa shape index (κ3) is 2.05. The molecule has 0 spiro atoms. The number of hydrogen-bond acceptors (Lipinski definition) is 4. The fourth-order valence-electron chi connectivity index (χ4n) is 2.91. The number of para-hydroxylation sites is 1. The van der Waals surface area contributed by atoms with Crippen molar-refractivity contribution in [2.75, 3.05) is 11.5 Å². The standard InChI is InChI=1S/C16H16N2O3/c1-3-21-16(20)13-9-11-6-4-5-10-7-8-12(17-2)15(19)18(13)14(10)11/h4-8,12-13H,2-3,9H2,1H3. The van der Waals surface area contributed by atoms with Crippen molar-refractivity contribution in [1.82, 2.24) is 0 Å². The van der Waals surface area contributed by atoms with Crippen molar-refractivity contribution in [3.05, 3.63) is 35.4 Å². The highest BCUT2D eigenvalue weighted by molar-refractivity contribution is 6.08. The Bertz CT molecular complexity index is 651. The summed E-state index contributed by atoms with van der Waals surface area (Å²) < 4.78 is 5.11.